The number of aryl methyl sites for hydroxylation is 1. The van der Waals surface area contributed by atoms with E-state index in [1.165, 1.54) is 0 Å². The minimum absolute atomic E-state index is 0.258. The largest absolute Gasteiger partial charge is 0.385 e. The molecule has 1 fully saturated rings. The Bertz CT molecular complexity index is 301. The van der Waals surface area contributed by atoms with Crippen LogP contribution < -0.4 is 0 Å². The van der Waals surface area contributed by atoms with Crippen molar-refractivity contribution < 1.29 is 9.50 Å². The first-order valence-electron chi connectivity index (χ1n) is 5.12. The summed E-state index contributed by atoms with van der Waals surface area (Å²) in [5.41, 5.74) is 1.61. The summed E-state index contributed by atoms with van der Waals surface area (Å²) in [6.45, 7) is -0.258. The normalized spacial score (nSPS) is 18.1. The molecule has 1 aliphatic carbocycles. The number of hydrogen-bond donors (Lipinski definition) is 1. The second kappa shape index (κ2) is 3.70. The quantitative estimate of drug-likeness (QED) is 0.781. The maximum Gasteiger partial charge on any atom is 0.0899 e. The van der Waals surface area contributed by atoms with Crippen LogP contribution in [0.5, 0.6) is 0 Å². The van der Waals surface area contributed by atoms with Crippen molar-refractivity contribution in [1.29, 1.82) is 0 Å². The number of benzene rings is 1. The molecule has 76 valence electrons. The molecule has 0 amide bonds. The van der Waals surface area contributed by atoms with E-state index in [4.69, 9.17) is 0 Å². The second-order valence-corrected chi connectivity index (χ2v) is 4.02. The Morgan fingerprint density at radius 2 is 1.86 bits per heavy atom. The summed E-state index contributed by atoms with van der Waals surface area (Å²) < 4.78 is 11.9. The highest BCUT2D eigenvalue weighted by atomic mass is 19.1. The molecule has 0 bridgehead atoms. The Balaban J connectivity index is 2.03. The standard InChI is InChI=1S/C12H15FO/c13-9-1-2-10-3-5-11(6-4-10)12(14)7-8-12/h3-6,14H,1-2,7-9H2. The molecular weight excluding hydrogens is 179 g/mol. The lowest BCUT2D eigenvalue weighted by Crippen LogP contribution is -2.03. The molecule has 0 aromatic heterocycles. The highest BCUT2D eigenvalue weighted by Gasteiger charge is 2.41. The van der Waals surface area contributed by atoms with Gasteiger partial charge < -0.3 is 5.11 Å². The van der Waals surface area contributed by atoms with Crippen LogP contribution in [0.2, 0.25) is 0 Å². The molecule has 1 nitrogen and oxygen atoms in total. The van der Waals surface area contributed by atoms with Crippen molar-refractivity contribution in [2.24, 2.45) is 0 Å². The topological polar surface area (TPSA) is 20.2 Å². The van der Waals surface area contributed by atoms with Crippen LogP contribution in [-0.2, 0) is 12.0 Å². The van der Waals surface area contributed by atoms with Crippen molar-refractivity contribution in [1.82, 2.24) is 0 Å². The minimum Gasteiger partial charge on any atom is -0.385 e. The predicted molar refractivity (Wildman–Crippen MR) is 53.9 cm³/mol. The number of aliphatic hydroxyl groups is 1. The van der Waals surface area contributed by atoms with E-state index in [0.717, 1.165) is 30.4 Å². The molecule has 0 radical (unpaired) electrons. The van der Waals surface area contributed by atoms with E-state index >= 15 is 0 Å². The van der Waals surface area contributed by atoms with Gasteiger partial charge in [0.25, 0.3) is 0 Å². The van der Waals surface area contributed by atoms with Crippen molar-refractivity contribution in [2.45, 2.75) is 31.3 Å². The van der Waals surface area contributed by atoms with E-state index in [1.54, 1.807) is 0 Å². The Morgan fingerprint density at radius 1 is 1.21 bits per heavy atom. The van der Waals surface area contributed by atoms with E-state index in [1.807, 2.05) is 24.3 Å². The molecule has 2 rings (SSSR count). The van der Waals surface area contributed by atoms with Gasteiger partial charge in [-0.25, -0.2) is 0 Å². The SMILES string of the molecule is OC1(c2ccc(CCCF)cc2)CC1. The van der Waals surface area contributed by atoms with Gasteiger partial charge in [0.1, 0.15) is 0 Å². The number of halogens is 1. The molecule has 1 aliphatic rings. The second-order valence-electron chi connectivity index (χ2n) is 4.02. The van der Waals surface area contributed by atoms with Gasteiger partial charge in [0.15, 0.2) is 0 Å². The van der Waals surface area contributed by atoms with Gasteiger partial charge in [-0.1, -0.05) is 24.3 Å². The smallest absolute Gasteiger partial charge is 0.0899 e. The molecule has 1 aromatic carbocycles. The van der Waals surface area contributed by atoms with Crippen LogP contribution in [0.25, 0.3) is 0 Å². The van der Waals surface area contributed by atoms with Crippen LogP contribution in [0.1, 0.15) is 30.4 Å². The summed E-state index contributed by atoms with van der Waals surface area (Å²) in [6, 6.07) is 7.89. The van der Waals surface area contributed by atoms with Crippen LogP contribution >= 0.6 is 0 Å². The van der Waals surface area contributed by atoms with Crippen LogP contribution in [-0.4, -0.2) is 11.8 Å². The average Bonchev–Trinajstić information content (AvgIpc) is 2.96. The zero-order valence-electron chi connectivity index (χ0n) is 8.17. The van der Waals surface area contributed by atoms with E-state index in [9.17, 15) is 9.50 Å². The van der Waals surface area contributed by atoms with E-state index in [2.05, 4.69) is 0 Å². The van der Waals surface area contributed by atoms with Crippen LogP contribution in [0.15, 0.2) is 24.3 Å². The molecule has 0 unspecified atom stereocenters. The van der Waals surface area contributed by atoms with Gasteiger partial charge in [0, 0.05) is 0 Å². The van der Waals surface area contributed by atoms with E-state index in [-0.39, 0.29) is 6.67 Å². The maximum atomic E-state index is 11.9. The molecule has 0 heterocycles. The van der Waals surface area contributed by atoms with Crippen LogP contribution in [0.4, 0.5) is 4.39 Å². The zero-order valence-corrected chi connectivity index (χ0v) is 8.17. The summed E-state index contributed by atoms with van der Waals surface area (Å²) >= 11 is 0. The van der Waals surface area contributed by atoms with Crippen molar-refractivity contribution >= 4 is 0 Å². The molecule has 0 saturated heterocycles. The molecule has 2 heteroatoms. The summed E-state index contributed by atoms with van der Waals surface area (Å²) in [7, 11) is 0. The van der Waals surface area contributed by atoms with Gasteiger partial charge in [-0.15, -0.1) is 0 Å². The average molecular weight is 194 g/mol. The predicted octanol–water partition coefficient (Wildman–Crippen LogP) is 2.57. The van der Waals surface area contributed by atoms with Gasteiger partial charge >= 0.3 is 0 Å². The third kappa shape index (κ3) is 1.95. The highest BCUT2D eigenvalue weighted by molar-refractivity contribution is 5.30. The Morgan fingerprint density at radius 3 is 2.36 bits per heavy atom. The fourth-order valence-corrected chi connectivity index (χ4v) is 1.66. The van der Waals surface area contributed by atoms with Gasteiger partial charge in [0.2, 0.25) is 0 Å². The van der Waals surface area contributed by atoms with Crippen molar-refractivity contribution in [3.8, 4) is 0 Å². The van der Waals surface area contributed by atoms with Gasteiger partial charge in [0.05, 0.1) is 12.3 Å². The summed E-state index contributed by atoms with van der Waals surface area (Å²) in [4.78, 5) is 0. The first-order chi connectivity index (χ1) is 6.74. The molecule has 1 aromatic rings. The Kier molecular flexibility index (Phi) is 2.55. The monoisotopic (exact) mass is 194 g/mol. The van der Waals surface area contributed by atoms with Gasteiger partial charge in [-0.05, 0) is 36.8 Å². The molecule has 0 spiro atoms. The molecular formula is C12H15FO. The molecule has 0 atom stereocenters. The Labute approximate surface area is 83.6 Å². The maximum absolute atomic E-state index is 11.9. The lowest BCUT2D eigenvalue weighted by molar-refractivity contribution is 0.151. The number of rotatable bonds is 4. The third-order valence-electron chi connectivity index (χ3n) is 2.81. The van der Waals surface area contributed by atoms with Gasteiger partial charge in [-0.3, -0.25) is 4.39 Å². The van der Waals surface area contributed by atoms with E-state index in [0.29, 0.717) is 6.42 Å². The van der Waals surface area contributed by atoms with E-state index < -0.39 is 5.60 Å². The molecule has 0 aliphatic heterocycles. The van der Waals surface area contributed by atoms with Crippen molar-refractivity contribution in [2.75, 3.05) is 6.67 Å². The lowest BCUT2D eigenvalue weighted by atomic mass is 10.0. The third-order valence-corrected chi connectivity index (χ3v) is 2.81. The fraction of sp³-hybridized carbons (Fsp3) is 0.500. The lowest BCUT2D eigenvalue weighted by Gasteiger charge is -2.08. The Hall–Kier alpha value is -0.890. The summed E-state index contributed by atoms with van der Waals surface area (Å²) in [6.07, 6.45) is 3.12. The van der Waals surface area contributed by atoms with Crippen LogP contribution in [0.3, 0.4) is 0 Å². The first-order valence-corrected chi connectivity index (χ1v) is 5.12. The zero-order chi connectivity index (χ0) is 10.0. The summed E-state index contributed by atoms with van der Waals surface area (Å²) in [5.74, 6) is 0. The minimum atomic E-state index is -0.543. The molecule has 1 saturated carbocycles. The first kappa shape index (κ1) is 9.66. The molecule has 1 N–H and O–H groups in total. The number of alkyl halides is 1. The van der Waals surface area contributed by atoms with Crippen molar-refractivity contribution in [3.05, 3.63) is 35.4 Å². The summed E-state index contributed by atoms with van der Waals surface area (Å²) in [5, 5.41) is 9.81. The van der Waals surface area contributed by atoms with Crippen molar-refractivity contribution in [3.63, 3.8) is 0 Å². The van der Waals surface area contributed by atoms with Crippen LogP contribution in [0, 0.1) is 0 Å². The van der Waals surface area contributed by atoms with Gasteiger partial charge in [-0.2, -0.15) is 0 Å². The highest BCUT2D eigenvalue weighted by Crippen LogP contribution is 2.45. The number of hydrogen-bond acceptors (Lipinski definition) is 1. The fourth-order valence-electron chi connectivity index (χ4n) is 1.66. The molecule has 14 heavy (non-hydrogen) atoms.